The molecule has 0 aliphatic carbocycles. The maximum absolute atomic E-state index is 14.9. The molecule has 3 N–H and O–H groups in total. The molecule has 0 bridgehead atoms. The Morgan fingerprint density at radius 1 is 1.00 bits per heavy atom. The number of pyridine rings is 1. The highest BCUT2D eigenvalue weighted by Crippen LogP contribution is 2.45. The van der Waals surface area contributed by atoms with Crippen LogP contribution in [-0.4, -0.2) is 131 Å². The zero-order valence-electron chi connectivity index (χ0n) is 32.9. The van der Waals surface area contributed by atoms with E-state index in [1.807, 2.05) is 20.8 Å². The summed E-state index contributed by atoms with van der Waals surface area (Å²) >= 11 is 0. The molecule has 0 spiro atoms. The van der Waals surface area contributed by atoms with Gasteiger partial charge >= 0.3 is 18.2 Å². The lowest BCUT2D eigenvalue weighted by molar-refractivity contribution is -0.155. The Kier molecular flexibility index (Phi) is 13.1. The number of methoxy groups -OCH3 is 1. The summed E-state index contributed by atoms with van der Waals surface area (Å²) in [6.45, 7) is 14.4. The van der Waals surface area contributed by atoms with E-state index in [0.717, 1.165) is 0 Å². The molecular weight excluding hydrogens is 731 g/mol. The minimum Gasteiger partial charge on any atom is -0.492 e. The van der Waals surface area contributed by atoms with Crippen LogP contribution in [-0.2, 0) is 19.0 Å². The molecular formula is C39H51FN6O10. The van der Waals surface area contributed by atoms with E-state index in [0.29, 0.717) is 66.9 Å². The summed E-state index contributed by atoms with van der Waals surface area (Å²) in [6, 6.07) is 5.88. The molecule has 2 aromatic heterocycles. The second-order valence-electron chi connectivity index (χ2n) is 15.4. The van der Waals surface area contributed by atoms with Gasteiger partial charge in [-0.15, -0.1) is 0 Å². The summed E-state index contributed by atoms with van der Waals surface area (Å²) in [5, 5.41) is 13.2. The fourth-order valence-corrected chi connectivity index (χ4v) is 6.46. The van der Waals surface area contributed by atoms with Crippen LogP contribution < -0.4 is 14.8 Å². The first-order valence-corrected chi connectivity index (χ1v) is 18.4. The molecule has 1 aromatic carbocycles. The normalized spacial score (nSPS) is 16.3. The quantitative estimate of drug-likeness (QED) is 0.138. The minimum atomic E-state index is -1.50. The van der Waals surface area contributed by atoms with Crippen LogP contribution in [0.25, 0.3) is 11.3 Å². The number of hydrogen-bond donors (Lipinski definition) is 3. The second kappa shape index (κ2) is 17.6. The smallest absolute Gasteiger partial charge is 0.414 e. The van der Waals surface area contributed by atoms with Crippen molar-refractivity contribution in [2.45, 2.75) is 65.1 Å². The summed E-state index contributed by atoms with van der Waals surface area (Å²) in [5.41, 5.74) is -0.0720. The third-order valence-electron chi connectivity index (χ3n) is 8.91. The van der Waals surface area contributed by atoms with Crippen molar-refractivity contribution in [1.82, 2.24) is 24.7 Å². The van der Waals surface area contributed by atoms with Crippen molar-refractivity contribution < 1.29 is 52.4 Å². The number of piperazine rings is 1. The molecule has 4 heterocycles. The summed E-state index contributed by atoms with van der Waals surface area (Å²) in [4.78, 5) is 63.8. The first kappa shape index (κ1) is 41.7. The van der Waals surface area contributed by atoms with Gasteiger partial charge in [0.2, 0.25) is 0 Å². The largest absolute Gasteiger partial charge is 0.492 e. The number of H-pyrrole nitrogens is 1. The average molecular weight is 783 g/mol. The molecule has 1 saturated heterocycles. The zero-order chi connectivity index (χ0) is 40.8. The van der Waals surface area contributed by atoms with Crippen molar-refractivity contribution in [3.63, 3.8) is 0 Å². The fraction of sp³-hybridized carbons (Fsp3) is 0.513. The number of nitrogens with one attached hydrogen (secondary N) is 2. The van der Waals surface area contributed by atoms with E-state index in [1.165, 1.54) is 31.6 Å². The molecule has 0 radical (unpaired) electrons. The number of benzene rings is 1. The summed E-state index contributed by atoms with van der Waals surface area (Å²) in [5.74, 6) is -2.72. The van der Waals surface area contributed by atoms with Gasteiger partial charge in [0.05, 0.1) is 55.6 Å². The Morgan fingerprint density at radius 3 is 2.38 bits per heavy atom. The summed E-state index contributed by atoms with van der Waals surface area (Å²) in [7, 11) is 1.30. The van der Waals surface area contributed by atoms with Crippen molar-refractivity contribution in [3.8, 4) is 22.8 Å². The van der Waals surface area contributed by atoms with E-state index in [-0.39, 0.29) is 55.0 Å². The molecule has 1 unspecified atom stereocenters. The van der Waals surface area contributed by atoms with E-state index in [4.69, 9.17) is 23.7 Å². The molecule has 1 fully saturated rings. The monoisotopic (exact) mass is 782 g/mol. The number of carbonyl (C=O) groups excluding carboxylic acids is 3. The number of esters is 1. The molecule has 3 amide bonds. The first-order valence-electron chi connectivity index (χ1n) is 18.4. The van der Waals surface area contributed by atoms with Crippen molar-refractivity contribution in [2.75, 3.05) is 71.5 Å². The second-order valence-corrected chi connectivity index (χ2v) is 15.4. The predicted molar refractivity (Wildman–Crippen MR) is 203 cm³/mol. The van der Waals surface area contributed by atoms with Crippen LogP contribution in [0, 0.1) is 5.82 Å². The number of aromatic nitrogens is 2. The zero-order valence-corrected chi connectivity index (χ0v) is 32.9. The highest BCUT2D eigenvalue weighted by atomic mass is 19.1. The van der Waals surface area contributed by atoms with E-state index < -0.39 is 40.9 Å². The maximum Gasteiger partial charge on any atom is 0.414 e. The van der Waals surface area contributed by atoms with Gasteiger partial charge in [-0.2, -0.15) is 0 Å². The number of imide groups is 1. The maximum atomic E-state index is 14.9. The van der Waals surface area contributed by atoms with Gasteiger partial charge < -0.3 is 44.0 Å². The number of ether oxygens (including phenoxy) is 5. The molecule has 0 saturated carbocycles. The van der Waals surface area contributed by atoms with E-state index in [2.05, 4.69) is 20.2 Å². The third kappa shape index (κ3) is 10.5. The molecule has 2 aliphatic rings. The molecule has 2 aliphatic heterocycles. The molecule has 56 heavy (non-hydrogen) atoms. The predicted octanol–water partition coefficient (Wildman–Crippen LogP) is 5.87. The minimum absolute atomic E-state index is 0.0495. The summed E-state index contributed by atoms with van der Waals surface area (Å²) in [6.07, 6.45) is 0.973. The van der Waals surface area contributed by atoms with Gasteiger partial charge in [-0.1, -0.05) is 6.07 Å². The van der Waals surface area contributed by atoms with Gasteiger partial charge in [-0.25, -0.2) is 18.9 Å². The molecule has 5 rings (SSSR count). The molecule has 1 atom stereocenters. The molecule has 3 aromatic rings. The SMILES string of the molecule is COc1c(F)cccc1Nc1c(-c2ccncc2OCCOCCN2CCN(C(=O)OC(C)(C)C)CC2)[nH]c2c1C(=O)N(C(=O)O)CC2CC(=O)OC(C)(C)C. The number of amides is 3. The number of halogens is 1. The van der Waals surface area contributed by atoms with Crippen molar-refractivity contribution >= 4 is 35.4 Å². The lowest BCUT2D eigenvalue weighted by atomic mass is 9.92. The van der Waals surface area contributed by atoms with E-state index in [9.17, 15) is 28.7 Å². The molecule has 304 valence electrons. The average Bonchev–Trinajstić information content (AvgIpc) is 3.49. The number of aromatic amines is 1. The van der Waals surface area contributed by atoms with Crippen LogP contribution in [0.3, 0.4) is 0 Å². The van der Waals surface area contributed by atoms with E-state index >= 15 is 0 Å². The Labute approximate surface area is 325 Å². The van der Waals surface area contributed by atoms with Crippen LogP contribution in [0.4, 0.5) is 25.4 Å². The lowest BCUT2D eigenvalue weighted by Crippen LogP contribution is -2.50. The van der Waals surface area contributed by atoms with Gasteiger partial charge in [0.1, 0.15) is 23.6 Å². The van der Waals surface area contributed by atoms with Crippen molar-refractivity contribution in [3.05, 3.63) is 53.7 Å². The number of nitrogens with zero attached hydrogens (tertiary/aromatic N) is 4. The number of rotatable bonds is 13. The van der Waals surface area contributed by atoms with Crippen LogP contribution in [0.5, 0.6) is 11.5 Å². The standard InChI is InChI=1S/C39H51FN6O10/c1-38(2,3)55-29(47)21-24-23-46(36(49)50)35(48)30-31(24)43-32(33(30)42-27-10-8-9-26(40)34(27)52-7)25-11-12-41-22-28(25)54-20-19-53-18-17-44-13-15-45(16-14-44)37(51)56-39(4,5)6/h8-12,22,24,42-43H,13-21,23H2,1-7H3,(H,49,50). The van der Waals surface area contributed by atoms with Crippen LogP contribution in [0.15, 0.2) is 36.7 Å². The highest BCUT2D eigenvalue weighted by Gasteiger charge is 2.41. The summed E-state index contributed by atoms with van der Waals surface area (Å²) < 4.78 is 43.2. The van der Waals surface area contributed by atoms with Gasteiger partial charge in [0.15, 0.2) is 11.6 Å². The fourth-order valence-electron chi connectivity index (χ4n) is 6.46. The Morgan fingerprint density at radius 2 is 1.71 bits per heavy atom. The van der Waals surface area contributed by atoms with Crippen LogP contribution >= 0.6 is 0 Å². The number of anilines is 2. The lowest BCUT2D eigenvalue weighted by Gasteiger charge is -2.35. The van der Waals surface area contributed by atoms with Gasteiger partial charge in [-0.3, -0.25) is 19.5 Å². The van der Waals surface area contributed by atoms with Crippen LogP contribution in [0.2, 0.25) is 0 Å². The number of carbonyl (C=O) groups is 4. The van der Waals surface area contributed by atoms with Gasteiger partial charge in [-0.05, 0) is 59.7 Å². The third-order valence-corrected chi connectivity index (χ3v) is 8.91. The molecule has 16 nitrogen and oxygen atoms in total. The highest BCUT2D eigenvalue weighted by molar-refractivity contribution is 6.11. The van der Waals surface area contributed by atoms with Crippen molar-refractivity contribution in [2.24, 2.45) is 0 Å². The first-order chi connectivity index (χ1) is 26.5. The Balaban J connectivity index is 1.35. The number of carboxylic acid groups (broad SMARTS) is 1. The van der Waals surface area contributed by atoms with E-state index in [1.54, 1.807) is 37.8 Å². The topological polar surface area (TPSA) is 185 Å². The van der Waals surface area contributed by atoms with Gasteiger partial charge in [0.25, 0.3) is 5.91 Å². The Bertz CT molecular complexity index is 1900. The Hall–Kier alpha value is -5.42. The van der Waals surface area contributed by atoms with Crippen LogP contribution in [0.1, 0.15) is 69.9 Å². The van der Waals surface area contributed by atoms with Crippen molar-refractivity contribution in [1.29, 1.82) is 0 Å². The van der Waals surface area contributed by atoms with Gasteiger partial charge in [0, 0.05) is 62.6 Å². The molecule has 17 heteroatoms. The number of para-hydroxylation sites is 1. The number of hydrogen-bond acceptors (Lipinski definition) is 12. The number of fused-ring (bicyclic) bond motifs is 1.